The second kappa shape index (κ2) is 4.82. The molecule has 0 aliphatic heterocycles. The quantitative estimate of drug-likeness (QED) is 0.505. The Morgan fingerprint density at radius 1 is 1.47 bits per heavy atom. The van der Waals surface area contributed by atoms with E-state index < -0.39 is 0 Å². The Balaban J connectivity index is 2.82. The summed E-state index contributed by atoms with van der Waals surface area (Å²) in [6.45, 7) is 7.93. The zero-order valence-electron chi connectivity index (χ0n) is 10.3. The van der Waals surface area contributed by atoms with Crippen molar-refractivity contribution in [2.24, 2.45) is 0 Å². The van der Waals surface area contributed by atoms with Gasteiger partial charge in [0.1, 0.15) is 0 Å². The molecular formula is C13H23NO. The van der Waals surface area contributed by atoms with Crippen LogP contribution >= 0.6 is 0 Å². The van der Waals surface area contributed by atoms with Crippen LogP contribution in [-0.4, -0.2) is 23.4 Å². The molecule has 1 unspecified atom stereocenters. The van der Waals surface area contributed by atoms with Crippen LogP contribution in [0, 0.1) is 0 Å². The predicted molar refractivity (Wildman–Crippen MR) is 63.7 cm³/mol. The molecule has 1 amide bonds. The molecule has 86 valence electrons. The molecule has 0 aromatic rings. The molecule has 0 saturated heterocycles. The molecule has 1 saturated carbocycles. The van der Waals surface area contributed by atoms with Gasteiger partial charge in [0.05, 0.1) is 0 Å². The van der Waals surface area contributed by atoms with E-state index in [1.54, 1.807) is 6.92 Å². The van der Waals surface area contributed by atoms with Crippen molar-refractivity contribution in [3.8, 4) is 0 Å². The van der Waals surface area contributed by atoms with Gasteiger partial charge in [-0.25, -0.2) is 0 Å². The Kier molecular flexibility index (Phi) is 3.95. The number of allylic oxidation sites excluding steroid dienone is 1. The summed E-state index contributed by atoms with van der Waals surface area (Å²) in [5.41, 5.74) is 1.44. The molecule has 0 spiro atoms. The lowest BCUT2D eigenvalue weighted by Gasteiger charge is -2.40. The molecule has 0 bridgehead atoms. The lowest BCUT2D eigenvalue weighted by Crippen LogP contribution is -2.48. The fraction of sp³-hybridized carbons (Fsp3) is 0.769. The van der Waals surface area contributed by atoms with Crippen LogP contribution in [0.5, 0.6) is 0 Å². The molecule has 0 radical (unpaired) electrons. The van der Waals surface area contributed by atoms with Crippen molar-refractivity contribution in [3.05, 3.63) is 12.2 Å². The van der Waals surface area contributed by atoms with Crippen molar-refractivity contribution in [3.63, 3.8) is 0 Å². The highest BCUT2D eigenvalue weighted by molar-refractivity contribution is 5.73. The van der Waals surface area contributed by atoms with E-state index >= 15 is 0 Å². The molecule has 0 N–H and O–H groups in total. The zero-order chi connectivity index (χ0) is 11.5. The first-order chi connectivity index (χ1) is 7.02. The van der Waals surface area contributed by atoms with Gasteiger partial charge < -0.3 is 4.90 Å². The van der Waals surface area contributed by atoms with Gasteiger partial charge in [-0.1, -0.05) is 19.1 Å². The Bertz CT molecular complexity index is 259. The Morgan fingerprint density at radius 3 is 2.67 bits per heavy atom. The molecule has 0 heterocycles. The van der Waals surface area contributed by atoms with E-state index in [1.807, 2.05) is 11.9 Å². The first-order valence-corrected chi connectivity index (χ1v) is 5.93. The molecule has 1 aliphatic rings. The highest BCUT2D eigenvalue weighted by Gasteiger charge is 2.35. The molecule has 1 rings (SSSR count). The van der Waals surface area contributed by atoms with E-state index in [0.29, 0.717) is 0 Å². The van der Waals surface area contributed by atoms with Crippen LogP contribution in [0.1, 0.15) is 52.4 Å². The molecule has 1 atom stereocenters. The first kappa shape index (κ1) is 12.3. The van der Waals surface area contributed by atoms with Gasteiger partial charge in [0.15, 0.2) is 0 Å². The third-order valence-corrected chi connectivity index (χ3v) is 3.96. The lowest BCUT2D eigenvalue weighted by atomic mass is 9.85. The monoisotopic (exact) mass is 209 g/mol. The van der Waals surface area contributed by atoms with Crippen LogP contribution in [0.15, 0.2) is 12.2 Å². The summed E-state index contributed by atoms with van der Waals surface area (Å²) in [7, 11) is 1.94. The standard InChI is InChI=1S/C13H23NO/c1-5-13(14(4)12(3)15)9-6-7-11(2)8-10-13/h2,5-10H2,1,3-4H3. The molecule has 1 aliphatic carbocycles. The van der Waals surface area contributed by atoms with Gasteiger partial charge in [-0.3, -0.25) is 4.79 Å². The molecular weight excluding hydrogens is 186 g/mol. The summed E-state index contributed by atoms with van der Waals surface area (Å²) in [6.07, 6.45) is 6.64. The maximum absolute atomic E-state index is 11.5. The van der Waals surface area contributed by atoms with Crippen LogP contribution in [-0.2, 0) is 4.79 Å². The molecule has 0 aromatic carbocycles. The molecule has 1 fully saturated rings. The fourth-order valence-electron chi connectivity index (χ4n) is 2.59. The highest BCUT2D eigenvalue weighted by Crippen LogP contribution is 2.35. The van der Waals surface area contributed by atoms with E-state index in [9.17, 15) is 4.79 Å². The van der Waals surface area contributed by atoms with E-state index in [-0.39, 0.29) is 11.4 Å². The van der Waals surface area contributed by atoms with Gasteiger partial charge in [-0.05, 0) is 38.5 Å². The van der Waals surface area contributed by atoms with Crippen molar-refractivity contribution < 1.29 is 4.79 Å². The third kappa shape index (κ3) is 2.61. The number of carbonyl (C=O) groups excluding carboxylic acids is 1. The number of amides is 1. The highest BCUT2D eigenvalue weighted by atomic mass is 16.2. The van der Waals surface area contributed by atoms with Crippen molar-refractivity contribution in [1.82, 2.24) is 4.90 Å². The third-order valence-electron chi connectivity index (χ3n) is 3.96. The lowest BCUT2D eigenvalue weighted by molar-refractivity contribution is -0.134. The Hall–Kier alpha value is -0.790. The largest absolute Gasteiger partial charge is 0.340 e. The summed E-state index contributed by atoms with van der Waals surface area (Å²) < 4.78 is 0. The average molecular weight is 209 g/mol. The number of nitrogens with zero attached hydrogens (tertiary/aromatic N) is 1. The Labute approximate surface area is 93.3 Å². The van der Waals surface area contributed by atoms with E-state index in [2.05, 4.69) is 13.5 Å². The van der Waals surface area contributed by atoms with Crippen molar-refractivity contribution in [2.45, 2.75) is 57.9 Å². The van der Waals surface area contributed by atoms with Crippen LogP contribution < -0.4 is 0 Å². The number of hydrogen-bond acceptors (Lipinski definition) is 1. The van der Waals surface area contributed by atoms with Crippen LogP contribution in [0.2, 0.25) is 0 Å². The summed E-state index contributed by atoms with van der Waals surface area (Å²) in [5.74, 6) is 0.185. The van der Waals surface area contributed by atoms with Gasteiger partial charge in [0.25, 0.3) is 0 Å². The smallest absolute Gasteiger partial charge is 0.219 e. The van der Waals surface area contributed by atoms with Crippen molar-refractivity contribution in [2.75, 3.05) is 7.05 Å². The van der Waals surface area contributed by atoms with Gasteiger partial charge in [0, 0.05) is 19.5 Å². The number of carbonyl (C=O) groups is 1. The predicted octanol–water partition coefficient (Wildman–Crippen LogP) is 3.13. The minimum absolute atomic E-state index is 0.0886. The van der Waals surface area contributed by atoms with Crippen LogP contribution in [0.25, 0.3) is 0 Å². The van der Waals surface area contributed by atoms with Gasteiger partial charge in [-0.15, -0.1) is 0 Å². The minimum Gasteiger partial charge on any atom is -0.340 e. The van der Waals surface area contributed by atoms with Gasteiger partial charge in [0.2, 0.25) is 5.91 Å². The summed E-state index contributed by atoms with van der Waals surface area (Å²) in [4.78, 5) is 13.5. The first-order valence-electron chi connectivity index (χ1n) is 5.93. The normalized spacial score (nSPS) is 27.3. The maximum atomic E-state index is 11.5. The number of hydrogen-bond donors (Lipinski definition) is 0. The second-order valence-electron chi connectivity index (χ2n) is 4.76. The minimum atomic E-state index is 0.0886. The molecule has 2 nitrogen and oxygen atoms in total. The maximum Gasteiger partial charge on any atom is 0.219 e. The molecule has 15 heavy (non-hydrogen) atoms. The Morgan fingerprint density at radius 2 is 2.13 bits per heavy atom. The van der Waals surface area contributed by atoms with Gasteiger partial charge in [-0.2, -0.15) is 0 Å². The summed E-state index contributed by atoms with van der Waals surface area (Å²) in [6, 6.07) is 0. The van der Waals surface area contributed by atoms with E-state index in [4.69, 9.17) is 0 Å². The fourth-order valence-corrected chi connectivity index (χ4v) is 2.59. The summed E-state index contributed by atoms with van der Waals surface area (Å²) >= 11 is 0. The van der Waals surface area contributed by atoms with Gasteiger partial charge >= 0.3 is 0 Å². The summed E-state index contributed by atoms with van der Waals surface area (Å²) in [5, 5.41) is 0. The van der Waals surface area contributed by atoms with E-state index in [0.717, 1.165) is 32.1 Å². The molecule has 2 heteroatoms. The van der Waals surface area contributed by atoms with Crippen LogP contribution in [0.3, 0.4) is 0 Å². The number of rotatable bonds is 2. The van der Waals surface area contributed by atoms with E-state index in [1.165, 1.54) is 12.0 Å². The van der Waals surface area contributed by atoms with Crippen LogP contribution in [0.4, 0.5) is 0 Å². The molecule has 0 aromatic heterocycles. The van der Waals surface area contributed by atoms with Crippen molar-refractivity contribution in [1.29, 1.82) is 0 Å². The topological polar surface area (TPSA) is 20.3 Å². The average Bonchev–Trinajstić information content (AvgIpc) is 2.40. The zero-order valence-corrected chi connectivity index (χ0v) is 10.3. The SMILES string of the molecule is C=C1CCCC(CC)(N(C)C(C)=O)CC1. The van der Waals surface area contributed by atoms with Crippen molar-refractivity contribution >= 4 is 5.91 Å². The second-order valence-corrected chi connectivity index (χ2v) is 4.76.